The fraction of sp³-hybridized carbons (Fsp3) is 0.381. The Morgan fingerprint density at radius 1 is 1.07 bits per heavy atom. The maximum atomic E-state index is 13.3. The first-order chi connectivity index (χ1) is 14.3. The summed E-state index contributed by atoms with van der Waals surface area (Å²) in [5.74, 6) is 0.752. The standard InChI is InChI=1S/C21H23N3O5S/c25-21(22-20-13-15-6-7-16(20)12-15)14-23(17-8-10-18(11-9-17)24(26)27)30(28,29)19-4-2-1-3-5-19/h1-5,8-11,15-16,20H,6-7,12-14H2,(H,22,25)/t15-,16-,20+/m1/s1. The molecule has 0 aromatic heterocycles. The number of sulfonamides is 1. The smallest absolute Gasteiger partial charge is 0.269 e. The Kier molecular flexibility index (Phi) is 5.46. The number of carbonyl (C=O) groups is 1. The summed E-state index contributed by atoms with van der Waals surface area (Å²) in [6.07, 6.45) is 4.37. The van der Waals surface area contributed by atoms with Gasteiger partial charge in [0.2, 0.25) is 5.91 Å². The molecule has 0 saturated heterocycles. The Hall–Kier alpha value is -2.94. The van der Waals surface area contributed by atoms with Gasteiger partial charge in [0.25, 0.3) is 15.7 Å². The molecule has 1 N–H and O–H groups in total. The zero-order chi connectivity index (χ0) is 21.3. The summed E-state index contributed by atoms with van der Waals surface area (Å²) in [6.45, 7) is -0.386. The van der Waals surface area contributed by atoms with Crippen molar-refractivity contribution in [1.29, 1.82) is 0 Å². The quantitative estimate of drug-likeness (QED) is 0.537. The number of non-ortho nitro benzene ring substituents is 1. The third-order valence-electron chi connectivity index (χ3n) is 6.05. The van der Waals surface area contributed by atoms with Crippen LogP contribution in [0.25, 0.3) is 0 Å². The van der Waals surface area contributed by atoms with Gasteiger partial charge in [-0.15, -0.1) is 0 Å². The van der Waals surface area contributed by atoms with E-state index in [1.54, 1.807) is 18.2 Å². The first kappa shape index (κ1) is 20.3. The topological polar surface area (TPSA) is 110 Å². The van der Waals surface area contributed by atoms with Gasteiger partial charge in [-0.1, -0.05) is 24.6 Å². The number of anilines is 1. The van der Waals surface area contributed by atoms with Gasteiger partial charge in [0.1, 0.15) is 6.54 Å². The van der Waals surface area contributed by atoms with E-state index in [1.807, 2.05) is 0 Å². The first-order valence-corrected chi connectivity index (χ1v) is 11.4. The number of rotatable bonds is 7. The van der Waals surface area contributed by atoms with E-state index in [0.717, 1.165) is 23.6 Å². The van der Waals surface area contributed by atoms with Crippen LogP contribution in [0.4, 0.5) is 11.4 Å². The third kappa shape index (κ3) is 4.02. The van der Waals surface area contributed by atoms with Crippen molar-refractivity contribution < 1.29 is 18.1 Å². The van der Waals surface area contributed by atoms with Crippen molar-refractivity contribution >= 4 is 27.3 Å². The zero-order valence-corrected chi connectivity index (χ0v) is 17.1. The van der Waals surface area contributed by atoms with Gasteiger partial charge in [-0.05, 0) is 55.4 Å². The Bertz CT molecular complexity index is 1040. The van der Waals surface area contributed by atoms with Gasteiger partial charge in [0, 0.05) is 18.2 Å². The number of fused-ring (bicyclic) bond motifs is 2. The fourth-order valence-electron chi connectivity index (χ4n) is 4.58. The number of hydrogen-bond acceptors (Lipinski definition) is 5. The summed E-state index contributed by atoms with van der Waals surface area (Å²) in [7, 11) is -4.02. The average molecular weight is 429 g/mol. The van der Waals surface area contributed by atoms with Gasteiger partial charge in [0.05, 0.1) is 15.5 Å². The van der Waals surface area contributed by atoms with E-state index < -0.39 is 14.9 Å². The fourth-order valence-corrected chi connectivity index (χ4v) is 6.02. The molecule has 3 atom stereocenters. The van der Waals surface area contributed by atoms with Crippen LogP contribution >= 0.6 is 0 Å². The summed E-state index contributed by atoms with van der Waals surface area (Å²) < 4.78 is 27.5. The second-order valence-corrected chi connectivity index (χ2v) is 9.81. The molecule has 0 aliphatic heterocycles. The van der Waals surface area contributed by atoms with E-state index in [9.17, 15) is 23.3 Å². The van der Waals surface area contributed by atoms with Crippen molar-refractivity contribution in [3.8, 4) is 0 Å². The van der Waals surface area contributed by atoms with Crippen LogP contribution in [0.2, 0.25) is 0 Å². The third-order valence-corrected chi connectivity index (χ3v) is 7.84. The molecular formula is C21H23N3O5S. The lowest BCUT2D eigenvalue weighted by Crippen LogP contribution is -2.45. The minimum absolute atomic E-state index is 0.0519. The highest BCUT2D eigenvalue weighted by Gasteiger charge is 2.40. The molecular weight excluding hydrogens is 406 g/mol. The molecule has 0 heterocycles. The van der Waals surface area contributed by atoms with Crippen molar-refractivity contribution in [2.24, 2.45) is 11.8 Å². The van der Waals surface area contributed by atoms with Crippen molar-refractivity contribution in [1.82, 2.24) is 5.32 Å². The Morgan fingerprint density at radius 3 is 2.33 bits per heavy atom. The number of amides is 1. The number of nitro benzene ring substituents is 1. The molecule has 158 valence electrons. The monoisotopic (exact) mass is 429 g/mol. The largest absolute Gasteiger partial charge is 0.352 e. The Labute approximate surface area is 175 Å². The lowest BCUT2D eigenvalue weighted by atomic mass is 9.95. The van der Waals surface area contributed by atoms with Gasteiger partial charge in [-0.3, -0.25) is 19.2 Å². The number of hydrogen-bond donors (Lipinski definition) is 1. The molecule has 9 heteroatoms. The van der Waals surface area contributed by atoms with Crippen LogP contribution in [0, 0.1) is 22.0 Å². The van der Waals surface area contributed by atoms with E-state index >= 15 is 0 Å². The van der Waals surface area contributed by atoms with Crippen LogP contribution in [-0.4, -0.2) is 31.8 Å². The maximum Gasteiger partial charge on any atom is 0.269 e. The highest BCUT2D eigenvalue weighted by Crippen LogP contribution is 2.44. The number of nitrogens with zero attached hydrogens (tertiary/aromatic N) is 2. The van der Waals surface area contributed by atoms with E-state index in [2.05, 4.69) is 5.32 Å². The Balaban J connectivity index is 1.60. The lowest BCUT2D eigenvalue weighted by molar-refractivity contribution is -0.384. The molecule has 0 spiro atoms. The summed E-state index contributed by atoms with van der Waals surface area (Å²) >= 11 is 0. The van der Waals surface area contributed by atoms with E-state index in [0.29, 0.717) is 11.8 Å². The highest BCUT2D eigenvalue weighted by atomic mass is 32.2. The maximum absolute atomic E-state index is 13.3. The van der Waals surface area contributed by atoms with Crippen molar-refractivity contribution in [2.45, 2.75) is 36.6 Å². The summed E-state index contributed by atoms with van der Waals surface area (Å²) in [6, 6.07) is 13.1. The molecule has 0 unspecified atom stereocenters. The number of nitro groups is 1. The molecule has 30 heavy (non-hydrogen) atoms. The van der Waals surface area contributed by atoms with Crippen molar-refractivity contribution in [2.75, 3.05) is 10.8 Å². The summed E-state index contributed by atoms with van der Waals surface area (Å²) in [5.41, 5.74) is 0.0507. The van der Waals surface area contributed by atoms with Crippen LogP contribution in [0.5, 0.6) is 0 Å². The van der Waals surface area contributed by atoms with Crippen molar-refractivity contribution in [3.05, 3.63) is 64.7 Å². The molecule has 2 saturated carbocycles. The normalized spacial score (nSPS) is 22.6. The lowest BCUT2D eigenvalue weighted by Gasteiger charge is -2.27. The SMILES string of the molecule is O=C(CN(c1ccc([N+](=O)[O-])cc1)S(=O)(=O)c1ccccc1)N[C@H]1C[C@@H]2CC[C@@H]1C2. The molecule has 2 aromatic rings. The highest BCUT2D eigenvalue weighted by molar-refractivity contribution is 7.92. The van der Waals surface area contributed by atoms with Crippen LogP contribution in [0.15, 0.2) is 59.5 Å². The van der Waals surface area contributed by atoms with Gasteiger partial charge >= 0.3 is 0 Å². The minimum atomic E-state index is -4.02. The van der Waals surface area contributed by atoms with E-state index in [4.69, 9.17) is 0 Å². The predicted octanol–water partition coefficient (Wildman–Crippen LogP) is 3.09. The first-order valence-electron chi connectivity index (χ1n) is 9.96. The summed E-state index contributed by atoms with van der Waals surface area (Å²) in [5, 5.41) is 14.0. The molecule has 2 aliphatic carbocycles. The second-order valence-electron chi connectivity index (χ2n) is 7.95. The van der Waals surface area contributed by atoms with E-state index in [-0.39, 0.29) is 34.8 Å². The van der Waals surface area contributed by atoms with Crippen LogP contribution in [-0.2, 0) is 14.8 Å². The van der Waals surface area contributed by atoms with Crippen molar-refractivity contribution in [3.63, 3.8) is 0 Å². The number of nitrogens with one attached hydrogen (secondary N) is 1. The second kappa shape index (κ2) is 8.06. The summed E-state index contributed by atoms with van der Waals surface area (Å²) in [4.78, 5) is 23.2. The van der Waals surface area contributed by atoms with Gasteiger partial charge in [-0.2, -0.15) is 0 Å². The molecule has 2 fully saturated rings. The number of benzene rings is 2. The predicted molar refractivity (Wildman–Crippen MR) is 111 cm³/mol. The molecule has 2 aliphatic rings. The van der Waals surface area contributed by atoms with Crippen LogP contribution < -0.4 is 9.62 Å². The van der Waals surface area contributed by atoms with Gasteiger partial charge in [0.15, 0.2) is 0 Å². The van der Waals surface area contributed by atoms with E-state index in [1.165, 1.54) is 42.8 Å². The Morgan fingerprint density at radius 2 is 1.77 bits per heavy atom. The van der Waals surface area contributed by atoms with Gasteiger partial charge < -0.3 is 5.32 Å². The van der Waals surface area contributed by atoms with Gasteiger partial charge in [-0.25, -0.2) is 8.42 Å². The molecule has 1 amide bonds. The molecule has 2 aromatic carbocycles. The molecule has 0 radical (unpaired) electrons. The molecule has 8 nitrogen and oxygen atoms in total. The zero-order valence-electron chi connectivity index (χ0n) is 16.3. The minimum Gasteiger partial charge on any atom is -0.352 e. The average Bonchev–Trinajstić information content (AvgIpc) is 3.36. The number of carbonyl (C=O) groups excluding carboxylic acids is 1. The van der Waals surface area contributed by atoms with Crippen LogP contribution in [0.1, 0.15) is 25.7 Å². The molecule has 2 bridgehead atoms. The van der Waals surface area contributed by atoms with Crippen LogP contribution in [0.3, 0.4) is 0 Å². The molecule has 4 rings (SSSR count).